The molecule has 0 saturated carbocycles. The van der Waals surface area contributed by atoms with Crippen molar-refractivity contribution in [1.82, 2.24) is 10.2 Å². The summed E-state index contributed by atoms with van der Waals surface area (Å²) in [6.07, 6.45) is 1.58. The largest absolute Gasteiger partial charge is 0.496 e. The minimum atomic E-state index is -0.427. The SMILES string of the molecule is COc1cc(NC(C)=O)c(Cl)cc1C(=O)Nc1nnc(CCc2ccccc2)s1. The summed E-state index contributed by atoms with van der Waals surface area (Å²) in [6.45, 7) is 1.37. The molecule has 2 N–H and O–H groups in total. The molecule has 0 aliphatic heterocycles. The Morgan fingerprint density at radius 3 is 2.55 bits per heavy atom. The molecule has 29 heavy (non-hydrogen) atoms. The maximum Gasteiger partial charge on any atom is 0.261 e. The molecule has 3 aromatic rings. The van der Waals surface area contributed by atoms with Gasteiger partial charge < -0.3 is 10.1 Å². The molecule has 0 spiro atoms. The van der Waals surface area contributed by atoms with E-state index in [1.54, 1.807) is 0 Å². The number of rotatable bonds is 7. The van der Waals surface area contributed by atoms with Crippen molar-refractivity contribution in [2.75, 3.05) is 17.7 Å². The quantitative estimate of drug-likeness (QED) is 0.586. The molecule has 0 aliphatic carbocycles. The lowest BCUT2D eigenvalue weighted by Gasteiger charge is -2.12. The normalized spacial score (nSPS) is 10.4. The second-order valence-electron chi connectivity index (χ2n) is 6.15. The van der Waals surface area contributed by atoms with Crippen molar-refractivity contribution in [3.05, 3.63) is 63.6 Å². The molecule has 0 radical (unpaired) electrons. The van der Waals surface area contributed by atoms with Crippen molar-refractivity contribution in [2.24, 2.45) is 0 Å². The Bertz CT molecular complexity index is 1020. The van der Waals surface area contributed by atoms with E-state index < -0.39 is 5.91 Å². The number of amides is 2. The van der Waals surface area contributed by atoms with Crippen molar-refractivity contribution in [1.29, 1.82) is 0 Å². The third-order valence-corrected chi connectivity index (χ3v) is 5.21. The first-order valence-corrected chi connectivity index (χ1v) is 9.98. The molecule has 0 fully saturated rings. The van der Waals surface area contributed by atoms with Gasteiger partial charge in [0.25, 0.3) is 5.91 Å². The smallest absolute Gasteiger partial charge is 0.261 e. The number of carbonyl (C=O) groups is 2. The van der Waals surface area contributed by atoms with Crippen LogP contribution in [0.1, 0.15) is 27.9 Å². The molecular formula is C20H19ClN4O3S. The number of anilines is 2. The van der Waals surface area contributed by atoms with E-state index in [9.17, 15) is 9.59 Å². The fourth-order valence-corrected chi connectivity index (χ4v) is 3.60. The van der Waals surface area contributed by atoms with E-state index in [0.717, 1.165) is 17.8 Å². The maximum atomic E-state index is 12.7. The van der Waals surface area contributed by atoms with E-state index in [1.807, 2.05) is 18.2 Å². The number of aryl methyl sites for hydroxylation is 2. The number of carbonyl (C=O) groups excluding carboxylic acids is 2. The molecular weight excluding hydrogens is 412 g/mol. The van der Waals surface area contributed by atoms with Gasteiger partial charge in [-0.05, 0) is 18.1 Å². The van der Waals surface area contributed by atoms with E-state index in [0.29, 0.717) is 10.8 Å². The maximum absolute atomic E-state index is 12.7. The van der Waals surface area contributed by atoms with Gasteiger partial charge in [0.2, 0.25) is 11.0 Å². The van der Waals surface area contributed by atoms with E-state index >= 15 is 0 Å². The number of aromatic nitrogens is 2. The molecule has 150 valence electrons. The number of ether oxygens (including phenoxy) is 1. The minimum absolute atomic E-state index is 0.229. The number of methoxy groups -OCH3 is 1. The summed E-state index contributed by atoms with van der Waals surface area (Å²) < 4.78 is 5.27. The van der Waals surface area contributed by atoms with E-state index in [2.05, 4.69) is 33.0 Å². The van der Waals surface area contributed by atoms with Gasteiger partial charge in [-0.25, -0.2) is 0 Å². The topological polar surface area (TPSA) is 93.2 Å². The fourth-order valence-electron chi connectivity index (χ4n) is 2.65. The highest BCUT2D eigenvalue weighted by atomic mass is 35.5. The molecule has 2 amide bonds. The van der Waals surface area contributed by atoms with Crippen molar-refractivity contribution in [3.63, 3.8) is 0 Å². The average molecular weight is 431 g/mol. The number of hydrogen-bond acceptors (Lipinski definition) is 6. The Balaban J connectivity index is 1.69. The zero-order valence-corrected chi connectivity index (χ0v) is 17.4. The van der Waals surface area contributed by atoms with Crippen molar-refractivity contribution >= 4 is 45.6 Å². The van der Waals surface area contributed by atoms with Gasteiger partial charge in [0, 0.05) is 19.4 Å². The summed E-state index contributed by atoms with van der Waals surface area (Å²) in [4.78, 5) is 23.9. The van der Waals surface area contributed by atoms with Crippen LogP contribution in [0.2, 0.25) is 5.02 Å². The number of benzene rings is 2. The lowest BCUT2D eigenvalue weighted by atomic mass is 10.1. The monoisotopic (exact) mass is 430 g/mol. The van der Waals surface area contributed by atoms with Crippen LogP contribution in [-0.4, -0.2) is 29.1 Å². The van der Waals surface area contributed by atoms with Crippen LogP contribution in [0.25, 0.3) is 0 Å². The highest BCUT2D eigenvalue weighted by Crippen LogP contribution is 2.31. The van der Waals surface area contributed by atoms with Crippen LogP contribution >= 0.6 is 22.9 Å². The van der Waals surface area contributed by atoms with Gasteiger partial charge >= 0.3 is 0 Å². The summed E-state index contributed by atoms with van der Waals surface area (Å²) in [6, 6.07) is 13.0. The molecule has 0 atom stereocenters. The summed E-state index contributed by atoms with van der Waals surface area (Å²) in [5.74, 6) is -0.420. The third-order valence-electron chi connectivity index (χ3n) is 4.00. The highest BCUT2D eigenvalue weighted by Gasteiger charge is 2.18. The summed E-state index contributed by atoms with van der Waals surface area (Å²) in [7, 11) is 1.43. The van der Waals surface area contributed by atoms with Crippen LogP contribution in [0.3, 0.4) is 0 Å². The van der Waals surface area contributed by atoms with Crippen LogP contribution in [0.15, 0.2) is 42.5 Å². The van der Waals surface area contributed by atoms with Gasteiger partial charge in [-0.15, -0.1) is 10.2 Å². The van der Waals surface area contributed by atoms with Gasteiger partial charge in [-0.1, -0.05) is 53.3 Å². The molecule has 9 heteroatoms. The number of nitrogens with one attached hydrogen (secondary N) is 2. The molecule has 0 aliphatic rings. The van der Waals surface area contributed by atoms with Gasteiger partial charge in [0.15, 0.2) is 0 Å². The van der Waals surface area contributed by atoms with Gasteiger partial charge in [0.1, 0.15) is 10.8 Å². The first kappa shape index (κ1) is 20.8. The molecule has 0 bridgehead atoms. The molecule has 0 unspecified atom stereocenters. The summed E-state index contributed by atoms with van der Waals surface area (Å²) >= 11 is 7.50. The van der Waals surface area contributed by atoms with E-state index in [1.165, 1.54) is 43.1 Å². The van der Waals surface area contributed by atoms with Crippen LogP contribution < -0.4 is 15.4 Å². The van der Waals surface area contributed by atoms with Crippen LogP contribution in [0.5, 0.6) is 5.75 Å². The van der Waals surface area contributed by atoms with E-state index in [-0.39, 0.29) is 22.2 Å². The first-order chi connectivity index (χ1) is 14.0. The second-order valence-corrected chi connectivity index (χ2v) is 7.62. The lowest BCUT2D eigenvalue weighted by Crippen LogP contribution is -2.14. The van der Waals surface area contributed by atoms with Crippen LogP contribution in [0, 0.1) is 0 Å². The minimum Gasteiger partial charge on any atom is -0.496 e. The van der Waals surface area contributed by atoms with Gasteiger partial charge in [0.05, 0.1) is 23.4 Å². The number of nitrogens with zero attached hydrogens (tertiary/aromatic N) is 2. The van der Waals surface area contributed by atoms with E-state index in [4.69, 9.17) is 16.3 Å². The number of halogens is 1. The van der Waals surface area contributed by atoms with Crippen molar-refractivity contribution < 1.29 is 14.3 Å². The molecule has 1 heterocycles. The number of hydrogen-bond donors (Lipinski definition) is 2. The molecule has 2 aromatic carbocycles. The van der Waals surface area contributed by atoms with Crippen LogP contribution in [0.4, 0.5) is 10.8 Å². The Kier molecular flexibility index (Phi) is 6.79. The summed E-state index contributed by atoms with van der Waals surface area (Å²) in [5, 5.41) is 14.9. The average Bonchev–Trinajstić information content (AvgIpc) is 3.15. The van der Waals surface area contributed by atoms with Crippen LogP contribution in [-0.2, 0) is 17.6 Å². The zero-order chi connectivity index (χ0) is 20.8. The predicted molar refractivity (Wildman–Crippen MR) is 114 cm³/mol. The zero-order valence-electron chi connectivity index (χ0n) is 15.9. The Morgan fingerprint density at radius 1 is 1.10 bits per heavy atom. The second kappa shape index (κ2) is 9.49. The Labute approximate surface area is 177 Å². The molecule has 7 nitrogen and oxygen atoms in total. The Morgan fingerprint density at radius 2 is 1.86 bits per heavy atom. The fraction of sp³-hybridized carbons (Fsp3) is 0.200. The van der Waals surface area contributed by atoms with Gasteiger partial charge in [-0.2, -0.15) is 0 Å². The Hall–Kier alpha value is -2.97. The molecule has 1 aromatic heterocycles. The lowest BCUT2D eigenvalue weighted by molar-refractivity contribution is -0.114. The molecule has 3 rings (SSSR count). The van der Waals surface area contributed by atoms with Crippen molar-refractivity contribution in [3.8, 4) is 5.75 Å². The third kappa shape index (κ3) is 5.52. The summed E-state index contributed by atoms with van der Waals surface area (Å²) in [5.41, 5.74) is 1.81. The van der Waals surface area contributed by atoms with Gasteiger partial charge in [-0.3, -0.25) is 14.9 Å². The van der Waals surface area contributed by atoms with Crippen molar-refractivity contribution in [2.45, 2.75) is 19.8 Å². The molecule has 0 saturated heterocycles. The highest BCUT2D eigenvalue weighted by molar-refractivity contribution is 7.15. The first-order valence-electron chi connectivity index (χ1n) is 8.79. The standard InChI is InChI=1S/C20H19ClN4O3S/c1-12(26)22-16-11-17(28-2)14(10-15(16)21)19(27)23-20-25-24-18(29-20)9-8-13-6-4-3-5-7-13/h3-7,10-11H,8-9H2,1-2H3,(H,22,26)(H,23,25,27). The predicted octanol–water partition coefficient (Wildman–Crippen LogP) is 4.20.